The second-order valence-electron chi connectivity index (χ2n) is 12.7. The van der Waals surface area contributed by atoms with Crippen LogP contribution in [0.25, 0.3) is 11.2 Å². The largest absolute Gasteiger partial charge is 0.444 e. The maximum absolute atomic E-state index is 12.0. The number of fused-ring (bicyclic) bond motifs is 1. The summed E-state index contributed by atoms with van der Waals surface area (Å²) in [7, 11) is -4.02. The standard InChI is InChI=1S/C29H50N7O7PSi/c1-12-14-39-28(38)34-33-25-22-26(31-17-30-25)35(18-32-22)27-24(43-45(10,11)29(7,8)9)23(21(16-37)41-27)42-44(40-15-13-2)36(19(3)4)20(5)6/h12-13,17-21,23-24,27,37H,1-2,14-16H2,3-11H3,(H,34,38)(H,30,31,33)/t21-,23-,24-,27-,44?/m1/s1. The molecule has 0 bridgehead atoms. The lowest BCUT2D eigenvalue weighted by Crippen LogP contribution is -2.49. The Bertz CT molecular complexity index is 1280. The van der Waals surface area contributed by atoms with Crippen LogP contribution in [0.4, 0.5) is 10.6 Å². The Morgan fingerprint density at radius 3 is 2.40 bits per heavy atom. The average molecular weight is 668 g/mol. The van der Waals surface area contributed by atoms with Gasteiger partial charge < -0.3 is 28.1 Å². The van der Waals surface area contributed by atoms with E-state index in [1.807, 2.05) is 0 Å². The SMILES string of the molecule is C=CCOC(=O)NNc1ncnc2c1ncn2[C@@H]1O[C@H](CO)[C@@H](OP(OCC=C)N(C(C)C)C(C)C)[C@H]1O[Si](C)(C)C(C)(C)C. The van der Waals surface area contributed by atoms with Crippen LogP contribution in [0.5, 0.6) is 0 Å². The van der Waals surface area contributed by atoms with E-state index in [1.165, 1.54) is 12.4 Å². The molecule has 5 atom stereocenters. The van der Waals surface area contributed by atoms with E-state index in [0.29, 0.717) is 17.8 Å². The third-order valence-corrected chi connectivity index (χ3v) is 14.3. The maximum Gasteiger partial charge on any atom is 0.426 e. The van der Waals surface area contributed by atoms with Gasteiger partial charge in [0.1, 0.15) is 31.2 Å². The molecule has 0 aliphatic carbocycles. The number of hydrogen-bond acceptors (Lipinski definition) is 12. The third kappa shape index (κ3) is 8.86. The molecule has 14 nitrogen and oxygen atoms in total. The number of hydrazine groups is 1. The van der Waals surface area contributed by atoms with Crippen molar-refractivity contribution in [2.45, 2.75) is 103 Å². The highest BCUT2D eigenvalue weighted by molar-refractivity contribution is 7.44. The van der Waals surface area contributed by atoms with E-state index in [4.69, 9.17) is 22.9 Å². The Labute approximate surface area is 268 Å². The molecule has 0 saturated carbocycles. The average Bonchev–Trinajstić information content (AvgIpc) is 3.53. The fraction of sp³-hybridized carbons (Fsp3) is 0.655. The van der Waals surface area contributed by atoms with Gasteiger partial charge in [0.2, 0.25) is 0 Å². The molecule has 45 heavy (non-hydrogen) atoms. The van der Waals surface area contributed by atoms with Crippen molar-refractivity contribution in [3.05, 3.63) is 38.0 Å². The Hall–Kier alpha value is -2.49. The number of amides is 1. The van der Waals surface area contributed by atoms with Gasteiger partial charge in [0, 0.05) is 12.1 Å². The number of nitrogens with one attached hydrogen (secondary N) is 2. The predicted molar refractivity (Wildman–Crippen MR) is 177 cm³/mol. The first-order chi connectivity index (χ1) is 21.2. The van der Waals surface area contributed by atoms with Gasteiger partial charge in [-0.2, -0.15) is 0 Å². The van der Waals surface area contributed by atoms with Gasteiger partial charge in [0.25, 0.3) is 8.53 Å². The summed E-state index contributed by atoms with van der Waals surface area (Å²) in [4.78, 5) is 25.2. The molecule has 0 spiro atoms. The van der Waals surface area contributed by atoms with Crippen molar-refractivity contribution in [1.82, 2.24) is 29.6 Å². The van der Waals surface area contributed by atoms with E-state index in [2.05, 4.69) is 105 Å². The van der Waals surface area contributed by atoms with Crippen LogP contribution in [0.1, 0.15) is 54.7 Å². The molecule has 252 valence electrons. The van der Waals surface area contributed by atoms with Gasteiger partial charge in [-0.05, 0) is 45.8 Å². The summed E-state index contributed by atoms with van der Waals surface area (Å²) in [6.45, 7) is 26.6. The van der Waals surface area contributed by atoms with Crippen molar-refractivity contribution >= 4 is 39.9 Å². The van der Waals surface area contributed by atoms with Crippen LogP contribution in [-0.2, 0) is 22.9 Å². The zero-order valence-electron chi connectivity index (χ0n) is 27.9. The van der Waals surface area contributed by atoms with Gasteiger partial charge in [-0.1, -0.05) is 39.5 Å². The first-order valence-electron chi connectivity index (χ1n) is 15.1. The first kappa shape index (κ1) is 37.0. The zero-order valence-corrected chi connectivity index (χ0v) is 29.8. The first-order valence-corrected chi connectivity index (χ1v) is 19.1. The smallest absolute Gasteiger partial charge is 0.426 e. The highest BCUT2D eigenvalue weighted by Crippen LogP contribution is 2.51. The number of hydrogen-bond donors (Lipinski definition) is 3. The molecule has 2 aromatic heterocycles. The molecular formula is C29H50N7O7PSi. The minimum atomic E-state index is -2.42. The van der Waals surface area contributed by atoms with Crippen LogP contribution < -0.4 is 10.9 Å². The highest BCUT2D eigenvalue weighted by atomic mass is 31.2. The van der Waals surface area contributed by atoms with Crippen LogP contribution in [0.15, 0.2) is 38.0 Å². The number of nitrogens with zero attached hydrogens (tertiary/aromatic N) is 5. The Balaban J connectivity index is 2.06. The zero-order chi connectivity index (χ0) is 33.5. The number of ether oxygens (including phenoxy) is 2. The van der Waals surface area contributed by atoms with Crippen LogP contribution in [0.3, 0.4) is 0 Å². The van der Waals surface area contributed by atoms with Gasteiger partial charge >= 0.3 is 6.09 Å². The van der Waals surface area contributed by atoms with E-state index in [9.17, 15) is 9.90 Å². The second kappa shape index (κ2) is 15.9. The van der Waals surface area contributed by atoms with E-state index in [0.717, 1.165) is 0 Å². The molecule has 1 saturated heterocycles. The number of carbonyl (C=O) groups is 1. The number of aliphatic hydroxyl groups is 1. The molecule has 16 heteroatoms. The lowest BCUT2D eigenvalue weighted by atomic mass is 10.1. The number of carbonyl (C=O) groups excluding carboxylic acids is 1. The van der Waals surface area contributed by atoms with Crippen LogP contribution in [0, 0.1) is 0 Å². The summed E-state index contributed by atoms with van der Waals surface area (Å²) >= 11 is 0. The predicted octanol–water partition coefficient (Wildman–Crippen LogP) is 5.28. The van der Waals surface area contributed by atoms with Crippen molar-refractivity contribution in [2.24, 2.45) is 0 Å². The fourth-order valence-corrected chi connectivity index (χ4v) is 7.64. The van der Waals surface area contributed by atoms with Crippen molar-refractivity contribution in [2.75, 3.05) is 25.2 Å². The number of aromatic nitrogens is 4. The van der Waals surface area contributed by atoms with E-state index < -0.39 is 47.5 Å². The van der Waals surface area contributed by atoms with Crippen molar-refractivity contribution in [3.63, 3.8) is 0 Å². The molecule has 1 unspecified atom stereocenters. The molecule has 1 aliphatic heterocycles. The summed E-state index contributed by atoms with van der Waals surface area (Å²) in [5.41, 5.74) is 5.97. The molecular weight excluding hydrogens is 617 g/mol. The molecule has 1 amide bonds. The number of aliphatic hydroxyl groups excluding tert-OH is 1. The van der Waals surface area contributed by atoms with E-state index in [1.54, 1.807) is 17.0 Å². The fourth-order valence-electron chi connectivity index (χ4n) is 4.60. The number of imidazole rings is 1. The topological polar surface area (TPSA) is 154 Å². The van der Waals surface area contributed by atoms with E-state index >= 15 is 0 Å². The normalized spacial score (nSPS) is 21.4. The summed E-state index contributed by atoms with van der Waals surface area (Å²) in [6.07, 6.45) is 2.53. The lowest BCUT2D eigenvalue weighted by molar-refractivity contribution is -0.0490. The summed E-state index contributed by atoms with van der Waals surface area (Å²) in [6, 6.07) is 0.239. The highest BCUT2D eigenvalue weighted by Gasteiger charge is 2.53. The van der Waals surface area contributed by atoms with Gasteiger partial charge in [-0.15, -0.1) is 6.58 Å². The minimum Gasteiger partial charge on any atom is -0.444 e. The minimum absolute atomic E-state index is 0.0537. The molecule has 2 aromatic rings. The van der Waals surface area contributed by atoms with Crippen molar-refractivity contribution in [3.8, 4) is 0 Å². The second-order valence-corrected chi connectivity index (χ2v) is 18.9. The molecule has 1 fully saturated rings. The monoisotopic (exact) mass is 667 g/mol. The van der Waals surface area contributed by atoms with E-state index in [-0.39, 0.29) is 36.2 Å². The van der Waals surface area contributed by atoms with Gasteiger partial charge in [-0.3, -0.25) is 9.99 Å². The van der Waals surface area contributed by atoms with Crippen LogP contribution >= 0.6 is 8.53 Å². The maximum atomic E-state index is 12.0. The molecule has 3 rings (SSSR count). The lowest BCUT2D eigenvalue weighted by Gasteiger charge is -2.42. The summed E-state index contributed by atoms with van der Waals surface area (Å²) < 4.78 is 35.5. The third-order valence-electron chi connectivity index (χ3n) is 7.71. The Morgan fingerprint density at radius 2 is 1.82 bits per heavy atom. The molecule has 1 aliphatic rings. The van der Waals surface area contributed by atoms with Crippen LogP contribution in [0.2, 0.25) is 18.1 Å². The molecule has 0 aromatic carbocycles. The van der Waals surface area contributed by atoms with Crippen molar-refractivity contribution in [1.29, 1.82) is 0 Å². The van der Waals surface area contributed by atoms with Gasteiger partial charge in [0.15, 0.2) is 31.5 Å². The van der Waals surface area contributed by atoms with Gasteiger partial charge in [0.05, 0.1) is 19.5 Å². The van der Waals surface area contributed by atoms with Gasteiger partial charge in [-0.25, -0.2) is 29.8 Å². The Morgan fingerprint density at radius 1 is 1.16 bits per heavy atom. The number of rotatable bonds is 16. The number of anilines is 1. The molecule has 3 heterocycles. The quantitative estimate of drug-likeness (QED) is 0.0924. The Kier molecular flexibility index (Phi) is 13.0. The molecule has 3 N–H and O–H groups in total. The summed E-state index contributed by atoms with van der Waals surface area (Å²) in [5.74, 6) is 0.256. The summed E-state index contributed by atoms with van der Waals surface area (Å²) in [5, 5.41) is 10.5. The van der Waals surface area contributed by atoms with Crippen molar-refractivity contribution < 1.29 is 32.8 Å². The molecule has 0 radical (unpaired) electrons. The van der Waals surface area contributed by atoms with Crippen LogP contribution in [-0.4, -0.2) is 93.9 Å².